The summed E-state index contributed by atoms with van der Waals surface area (Å²) in [6.07, 6.45) is 3.87. The van der Waals surface area contributed by atoms with Gasteiger partial charge < -0.3 is 14.6 Å². The molecule has 1 saturated heterocycles. The van der Waals surface area contributed by atoms with Gasteiger partial charge >= 0.3 is 0 Å². The fourth-order valence-corrected chi connectivity index (χ4v) is 5.51. The zero-order chi connectivity index (χ0) is 20.5. The van der Waals surface area contributed by atoms with E-state index < -0.39 is 0 Å². The van der Waals surface area contributed by atoms with Crippen LogP contribution in [0.5, 0.6) is 0 Å². The molecule has 10 heteroatoms. The molecule has 0 bridgehead atoms. The summed E-state index contributed by atoms with van der Waals surface area (Å²) in [5.41, 5.74) is 2.56. The number of morpholine rings is 1. The minimum absolute atomic E-state index is 0.0441. The van der Waals surface area contributed by atoms with Crippen LogP contribution in [0.4, 0.5) is 5.13 Å². The van der Waals surface area contributed by atoms with Gasteiger partial charge in [0.1, 0.15) is 5.15 Å². The molecular formula is C20H25ClN6O2S. The molecular weight excluding hydrogens is 424 g/mol. The van der Waals surface area contributed by atoms with Gasteiger partial charge in [0.05, 0.1) is 35.1 Å². The Morgan fingerprint density at radius 2 is 2.00 bits per heavy atom. The normalized spacial score (nSPS) is 20.2. The number of halogens is 1. The highest BCUT2D eigenvalue weighted by Gasteiger charge is 2.25. The molecule has 0 spiro atoms. The van der Waals surface area contributed by atoms with Crippen molar-refractivity contribution in [2.75, 3.05) is 44.3 Å². The van der Waals surface area contributed by atoms with Crippen molar-refractivity contribution >= 4 is 33.8 Å². The Bertz CT molecular complexity index is 1010. The Balaban J connectivity index is 1.31. The topological polar surface area (TPSA) is 86.7 Å². The highest BCUT2D eigenvalue weighted by atomic mass is 35.5. The Morgan fingerprint density at radius 1 is 1.13 bits per heavy atom. The number of thiazole rings is 1. The second kappa shape index (κ2) is 8.74. The number of hydrogen-bond acceptors (Lipinski definition) is 8. The summed E-state index contributed by atoms with van der Waals surface area (Å²) in [4.78, 5) is 35.1. The van der Waals surface area contributed by atoms with Gasteiger partial charge in [-0.1, -0.05) is 22.9 Å². The van der Waals surface area contributed by atoms with Gasteiger partial charge in [-0.2, -0.15) is 0 Å². The first-order chi connectivity index (χ1) is 14.7. The van der Waals surface area contributed by atoms with Gasteiger partial charge in [0.25, 0.3) is 5.56 Å². The quantitative estimate of drug-likeness (QED) is 0.771. The number of aromatic amines is 1. The van der Waals surface area contributed by atoms with E-state index in [9.17, 15) is 4.79 Å². The van der Waals surface area contributed by atoms with Crippen molar-refractivity contribution in [3.8, 4) is 0 Å². The number of hydrogen-bond donors (Lipinski definition) is 1. The second-order valence-electron chi connectivity index (χ2n) is 7.90. The average Bonchev–Trinajstić information content (AvgIpc) is 3.15. The van der Waals surface area contributed by atoms with Gasteiger partial charge in [-0.3, -0.25) is 14.7 Å². The number of ether oxygens (including phenoxy) is 1. The number of anilines is 1. The molecule has 3 aliphatic rings. The predicted octanol–water partition coefficient (Wildman–Crippen LogP) is 2.25. The molecule has 5 rings (SSSR count). The van der Waals surface area contributed by atoms with E-state index in [1.54, 1.807) is 11.3 Å². The third-order valence-corrected chi connectivity index (χ3v) is 7.36. The van der Waals surface area contributed by atoms with Gasteiger partial charge in [-0.15, -0.1) is 0 Å². The Hall–Kier alpha value is -1.81. The van der Waals surface area contributed by atoms with Gasteiger partial charge in [-0.25, -0.2) is 9.97 Å². The van der Waals surface area contributed by atoms with Crippen LogP contribution in [-0.2, 0) is 24.2 Å². The Labute approximate surface area is 184 Å². The van der Waals surface area contributed by atoms with Crippen molar-refractivity contribution in [3.05, 3.63) is 37.5 Å². The number of H-pyrrole nitrogens is 1. The summed E-state index contributed by atoms with van der Waals surface area (Å²) < 4.78 is 5.42. The molecule has 2 aromatic heterocycles. The van der Waals surface area contributed by atoms with Crippen molar-refractivity contribution in [2.45, 2.75) is 38.8 Å². The van der Waals surface area contributed by atoms with Crippen molar-refractivity contribution in [1.82, 2.24) is 19.9 Å². The molecule has 0 saturated carbocycles. The SMILES string of the molecule is O=c1[nH]c(C2=NCCCC2)nc2c1CN(Cc1sc(N3CCOCC3)nc1Cl)CC2. The number of nitrogens with zero attached hydrogens (tertiary/aromatic N) is 5. The molecule has 8 nitrogen and oxygen atoms in total. The van der Waals surface area contributed by atoms with E-state index in [1.165, 1.54) is 0 Å². The summed E-state index contributed by atoms with van der Waals surface area (Å²) in [6, 6.07) is 0. The van der Waals surface area contributed by atoms with Crippen LogP contribution in [-0.4, -0.2) is 65.0 Å². The summed E-state index contributed by atoms with van der Waals surface area (Å²) >= 11 is 8.08. The van der Waals surface area contributed by atoms with E-state index in [0.29, 0.717) is 24.1 Å². The number of rotatable bonds is 4. The zero-order valence-electron chi connectivity index (χ0n) is 16.8. The smallest absolute Gasteiger partial charge is 0.255 e. The maximum absolute atomic E-state index is 12.8. The van der Waals surface area contributed by atoms with Crippen LogP contribution in [0.3, 0.4) is 0 Å². The van der Waals surface area contributed by atoms with Gasteiger partial charge in [0.15, 0.2) is 11.0 Å². The van der Waals surface area contributed by atoms with Crippen molar-refractivity contribution in [3.63, 3.8) is 0 Å². The number of aliphatic imine (C=N–C) groups is 1. The first-order valence-electron chi connectivity index (χ1n) is 10.5. The lowest BCUT2D eigenvalue weighted by Crippen LogP contribution is -2.36. The van der Waals surface area contributed by atoms with E-state index in [2.05, 4.69) is 24.8 Å². The van der Waals surface area contributed by atoms with Crippen LogP contribution < -0.4 is 10.5 Å². The van der Waals surface area contributed by atoms with Crippen molar-refractivity contribution < 1.29 is 4.74 Å². The van der Waals surface area contributed by atoms with Crippen molar-refractivity contribution in [2.24, 2.45) is 4.99 Å². The molecule has 160 valence electrons. The lowest BCUT2D eigenvalue weighted by molar-refractivity contribution is 0.122. The molecule has 0 atom stereocenters. The minimum Gasteiger partial charge on any atom is -0.378 e. The maximum Gasteiger partial charge on any atom is 0.255 e. The van der Waals surface area contributed by atoms with E-state index in [-0.39, 0.29) is 5.56 Å². The van der Waals surface area contributed by atoms with Crippen LogP contribution in [0.2, 0.25) is 5.15 Å². The molecule has 5 heterocycles. The monoisotopic (exact) mass is 448 g/mol. The summed E-state index contributed by atoms with van der Waals surface area (Å²) in [5, 5.41) is 1.51. The van der Waals surface area contributed by atoms with Gasteiger partial charge in [0, 0.05) is 45.7 Å². The molecule has 1 N–H and O–H groups in total. The van der Waals surface area contributed by atoms with Crippen LogP contribution in [0.1, 0.15) is 41.2 Å². The zero-order valence-corrected chi connectivity index (χ0v) is 18.4. The second-order valence-corrected chi connectivity index (χ2v) is 9.32. The molecule has 0 radical (unpaired) electrons. The largest absolute Gasteiger partial charge is 0.378 e. The van der Waals surface area contributed by atoms with E-state index in [0.717, 1.165) is 92.1 Å². The number of fused-ring (bicyclic) bond motifs is 1. The summed E-state index contributed by atoms with van der Waals surface area (Å²) in [7, 11) is 0. The fourth-order valence-electron chi connectivity index (χ4n) is 4.16. The van der Waals surface area contributed by atoms with E-state index >= 15 is 0 Å². The molecule has 3 aliphatic heterocycles. The minimum atomic E-state index is -0.0441. The lowest BCUT2D eigenvalue weighted by atomic mass is 10.1. The molecule has 0 aliphatic carbocycles. The third-order valence-electron chi connectivity index (χ3n) is 5.83. The summed E-state index contributed by atoms with van der Waals surface area (Å²) in [6.45, 7) is 6.06. The van der Waals surface area contributed by atoms with Gasteiger partial charge in [0.2, 0.25) is 0 Å². The van der Waals surface area contributed by atoms with Crippen LogP contribution in [0.25, 0.3) is 0 Å². The third kappa shape index (κ3) is 4.16. The average molecular weight is 449 g/mol. The molecule has 30 heavy (non-hydrogen) atoms. The first-order valence-corrected chi connectivity index (χ1v) is 11.7. The lowest BCUT2D eigenvalue weighted by Gasteiger charge is -2.27. The maximum atomic E-state index is 12.8. The number of nitrogens with one attached hydrogen (secondary N) is 1. The molecule has 0 unspecified atom stereocenters. The standard InChI is InChI=1S/C20H25ClN6O2S/c21-17-16(30-20(24-17)27-7-9-29-10-8-27)12-26-6-4-14-13(11-26)19(28)25-18(23-14)15-3-1-2-5-22-15/h1-12H2,(H,23,25,28). The van der Waals surface area contributed by atoms with E-state index in [4.69, 9.17) is 21.3 Å². The highest BCUT2D eigenvalue weighted by Crippen LogP contribution is 2.32. The van der Waals surface area contributed by atoms with Crippen LogP contribution in [0.15, 0.2) is 9.79 Å². The fraction of sp³-hybridized carbons (Fsp3) is 0.600. The van der Waals surface area contributed by atoms with Crippen LogP contribution >= 0.6 is 22.9 Å². The van der Waals surface area contributed by atoms with Crippen LogP contribution in [0, 0.1) is 0 Å². The molecule has 2 aromatic rings. The van der Waals surface area contributed by atoms with Crippen molar-refractivity contribution in [1.29, 1.82) is 0 Å². The molecule has 0 aromatic carbocycles. The predicted molar refractivity (Wildman–Crippen MR) is 118 cm³/mol. The van der Waals surface area contributed by atoms with E-state index in [1.807, 2.05) is 0 Å². The van der Waals surface area contributed by atoms with Gasteiger partial charge in [-0.05, 0) is 19.3 Å². The first kappa shape index (κ1) is 20.1. The number of aromatic nitrogens is 3. The Morgan fingerprint density at radius 3 is 2.80 bits per heavy atom. The molecule has 1 fully saturated rings. The summed E-state index contributed by atoms with van der Waals surface area (Å²) in [5.74, 6) is 0.660. The highest BCUT2D eigenvalue weighted by molar-refractivity contribution is 7.16. The molecule has 0 amide bonds. The Kier molecular flexibility index (Phi) is 5.86.